The largest absolute Gasteiger partial charge is 0.228 e. The molecule has 3 heteroatoms. The van der Waals surface area contributed by atoms with Gasteiger partial charge in [0.2, 0.25) is 0 Å². The zero-order valence-electron chi connectivity index (χ0n) is 25.5. The van der Waals surface area contributed by atoms with Crippen LogP contribution in [0.5, 0.6) is 0 Å². The van der Waals surface area contributed by atoms with Crippen LogP contribution in [0.3, 0.4) is 0 Å². The third-order valence-electron chi connectivity index (χ3n) is 8.90. The van der Waals surface area contributed by atoms with Gasteiger partial charge in [-0.15, -0.1) is 11.3 Å². The van der Waals surface area contributed by atoms with Crippen LogP contribution in [0.2, 0.25) is 0 Å². The highest BCUT2D eigenvalue weighted by atomic mass is 32.1. The fourth-order valence-corrected chi connectivity index (χ4v) is 7.78. The molecule has 0 radical (unpaired) electrons. The lowest BCUT2D eigenvalue weighted by Gasteiger charge is -2.12. The zero-order valence-corrected chi connectivity index (χ0v) is 26.3. The second kappa shape index (κ2) is 11.5. The standard InChI is InChI=1S/C44H28N2S/c1-3-11-29(12-4-1)30-21-23-31(24-22-30)33-15-9-16-34(27-33)35-17-10-18-36(28-35)42-41-39(45-44(46-42)32-13-5-2-6-14-32)26-25-38-37-19-7-8-20-40(37)47-43(38)41/h1-28H. The minimum Gasteiger partial charge on any atom is -0.228 e. The number of aromatic nitrogens is 2. The highest BCUT2D eigenvalue weighted by Gasteiger charge is 2.17. The molecule has 0 saturated carbocycles. The Labute approximate surface area is 277 Å². The van der Waals surface area contributed by atoms with Crippen molar-refractivity contribution in [2.24, 2.45) is 0 Å². The van der Waals surface area contributed by atoms with Gasteiger partial charge in [0.25, 0.3) is 0 Å². The molecule has 0 saturated heterocycles. The number of hydrogen-bond donors (Lipinski definition) is 0. The molecule has 220 valence electrons. The fourth-order valence-electron chi connectivity index (χ4n) is 6.54. The second-order valence-electron chi connectivity index (χ2n) is 11.8. The second-order valence-corrected chi connectivity index (χ2v) is 12.9. The summed E-state index contributed by atoms with van der Waals surface area (Å²) in [5, 5.41) is 3.63. The first-order chi connectivity index (χ1) is 23.3. The molecular formula is C44H28N2S. The predicted octanol–water partition coefficient (Wildman–Crippen LogP) is 12.3. The zero-order chi connectivity index (χ0) is 31.2. The highest BCUT2D eigenvalue weighted by Crippen LogP contribution is 2.42. The lowest BCUT2D eigenvalue weighted by molar-refractivity contribution is 1.23. The van der Waals surface area contributed by atoms with Crippen molar-refractivity contribution in [3.8, 4) is 56.0 Å². The summed E-state index contributed by atoms with van der Waals surface area (Å²) < 4.78 is 2.50. The van der Waals surface area contributed by atoms with Crippen molar-refractivity contribution in [1.82, 2.24) is 9.97 Å². The van der Waals surface area contributed by atoms with E-state index < -0.39 is 0 Å². The van der Waals surface area contributed by atoms with Gasteiger partial charge >= 0.3 is 0 Å². The number of nitrogens with zero attached hydrogens (tertiary/aromatic N) is 2. The summed E-state index contributed by atoms with van der Waals surface area (Å²) in [6.07, 6.45) is 0. The number of hydrogen-bond acceptors (Lipinski definition) is 3. The molecule has 0 atom stereocenters. The van der Waals surface area contributed by atoms with E-state index in [9.17, 15) is 0 Å². The molecule has 0 fully saturated rings. The van der Waals surface area contributed by atoms with Crippen LogP contribution in [-0.4, -0.2) is 9.97 Å². The maximum Gasteiger partial charge on any atom is 0.160 e. The van der Waals surface area contributed by atoms with E-state index in [2.05, 4.69) is 152 Å². The minimum atomic E-state index is 0.736. The van der Waals surface area contributed by atoms with E-state index in [1.165, 1.54) is 48.0 Å². The Morgan fingerprint density at radius 1 is 0.362 bits per heavy atom. The molecule has 2 aromatic heterocycles. The smallest absolute Gasteiger partial charge is 0.160 e. The molecule has 47 heavy (non-hydrogen) atoms. The van der Waals surface area contributed by atoms with Crippen molar-refractivity contribution >= 4 is 42.4 Å². The molecule has 0 spiro atoms. The quantitative estimate of drug-likeness (QED) is 0.192. The Morgan fingerprint density at radius 2 is 0.894 bits per heavy atom. The van der Waals surface area contributed by atoms with Crippen LogP contribution in [0, 0.1) is 0 Å². The van der Waals surface area contributed by atoms with E-state index in [1.54, 1.807) is 0 Å². The van der Waals surface area contributed by atoms with Crippen molar-refractivity contribution in [1.29, 1.82) is 0 Å². The molecule has 7 aromatic carbocycles. The van der Waals surface area contributed by atoms with Crippen LogP contribution in [-0.2, 0) is 0 Å². The summed E-state index contributed by atoms with van der Waals surface area (Å²) in [5.74, 6) is 0.736. The first-order valence-electron chi connectivity index (χ1n) is 15.8. The van der Waals surface area contributed by atoms with Crippen molar-refractivity contribution in [2.45, 2.75) is 0 Å². The summed E-state index contributed by atoms with van der Waals surface area (Å²) >= 11 is 1.82. The van der Waals surface area contributed by atoms with Crippen LogP contribution in [0.1, 0.15) is 0 Å². The first-order valence-corrected chi connectivity index (χ1v) is 16.6. The molecular weight excluding hydrogens is 589 g/mol. The van der Waals surface area contributed by atoms with Gasteiger partial charge in [-0.25, -0.2) is 9.97 Å². The fraction of sp³-hybridized carbons (Fsp3) is 0. The summed E-state index contributed by atoms with van der Waals surface area (Å²) in [6.45, 7) is 0. The van der Waals surface area contributed by atoms with E-state index in [0.717, 1.165) is 39.1 Å². The summed E-state index contributed by atoms with van der Waals surface area (Å²) in [7, 11) is 0. The molecule has 2 nitrogen and oxygen atoms in total. The van der Waals surface area contributed by atoms with Gasteiger partial charge in [0.15, 0.2) is 5.82 Å². The predicted molar refractivity (Wildman–Crippen MR) is 200 cm³/mol. The SMILES string of the molecule is c1ccc(-c2ccc(-c3cccc(-c4cccc(-c5nc(-c6ccccc6)nc6ccc7c8ccccc8sc7c56)c4)c3)cc2)cc1. The van der Waals surface area contributed by atoms with Gasteiger partial charge in [-0.05, 0) is 57.6 Å². The summed E-state index contributed by atoms with van der Waals surface area (Å²) in [4.78, 5) is 10.4. The third-order valence-corrected chi connectivity index (χ3v) is 10.1. The topological polar surface area (TPSA) is 25.8 Å². The van der Waals surface area contributed by atoms with Crippen molar-refractivity contribution < 1.29 is 0 Å². The number of rotatable bonds is 5. The van der Waals surface area contributed by atoms with Gasteiger partial charge in [-0.2, -0.15) is 0 Å². The van der Waals surface area contributed by atoms with E-state index in [4.69, 9.17) is 9.97 Å². The molecule has 9 rings (SSSR count). The molecule has 0 amide bonds. The Morgan fingerprint density at radius 3 is 1.62 bits per heavy atom. The Balaban J connectivity index is 1.18. The van der Waals surface area contributed by atoms with Crippen molar-refractivity contribution in [3.05, 3.63) is 170 Å². The Hall–Kier alpha value is -5.90. The van der Waals surface area contributed by atoms with Gasteiger partial charge in [0, 0.05) is 36.7 Å². The van der Waals surface area contributed by atoms with E-state index in [-0.39, 0.29) is 0 Å². The van der Waals surface area contributed by atoms with Gasteiger partial charge in [0.1, 0.15) is 0 Å². The van der Waals surface area contributed by atoms with E-state index >= 15 is 0 Å². The molecule has 0 aliphatic heterocycles. The van der Waals surface area contributed by atoms with Crippen molar-refractivity contribution in [3.63, 3.8) is 0 Å². The van der Waals surface area contributed by atoms with Crippen LogP contribution < -0.4 is 0 Å². The molecule has 2 heterocycles. The van der Waals surface area contributed by atoms with Gasteiger partial charge < -0.3 is 0 Å². The van der Waals surface area contributed by atoms with Crippen molar-refractivity contribution in [2.75, 3.05) is 0 Å². The molecule has 0 unspecified atom stereocenters. The first kappa shape index (κ1) is 27.4. The lowest BCUT2D eigenvalue weighted by Crippen LogP contribution is -1.95. The average Bonchev–Trinajstić information content (AvgIpc) is 3.54. The highest BCUT2D eigenvalue weighted by molar-refractivity contribution is 7.26. The molecule has 9 aromatic rings. The van der Waals surface area contributed by atoms with Crippen LogP contribution in [0.4, 0.5) is 0 Å². The maximum atomic E-state index is 5.29. The Bertz CT molecular complexity index is 2550. The summed E-state index contributed by atoms with van der Waals surface area (Å²) in [5.41, 5.74) is 11.2. The van der Waals surface area contributed by atoms with Gasteiger partial charge in [-0.3, -0.25) is 0 Å². The third kappa shape index (κ3) is 4.98. The van der Waals surface area contributed by atoms with Crippen LogP contribution in [0.15, 0.2) is 170 Å². The van der Waals surface area contributed by atoms with E-state index in [0.29, 0.717) is 0 Å². The average molecular weight is 617 g/mol. The minimum absolute atomic E-state index is 0.736. The van der Waals surface area contributed by atoms with Gasteiger partial charge in [-0.1, -0.05) is 146 Å². The monoisotopic (exact) mass is 616 g/mol. The molecule has 0 aliphatic rings. The molecule has 0 bridgehead atoms. The number of benzene rings is 7. The van der Waals surface area contributed by atoms with Crippen LogP contribution in [0.25, 0.3) is 87.1 Å². The Kier molecular flexibility index (Phi) is 6.69. The molecule has 0 aliphatic carbocycles. The van der Waals surface area contributed by atoms with Gasteiger partial charge in [0.05, 0.1) is 11.2 Å². The molecule has 0 N–H and O–H groups in total. The summed E-state index contributed by atoms with van der Waals surface area (Å²) in [6, 6.07) is 60.3. The van der Waals surface area contributed by atoms with Crippen LogP contribution >= 0.6 is 11.3 Å². The normalized spacial score (nSPS) is 11.4. The number of thiophene rings is 1. The lowest BCUT2D eigenvalue weighted by atomic mass is 9.95. The van der Waals surface area contributed by atoms with E-state index in [1.807, 2.05) is 29.5 Å². The number of fused-ring (bicyclic) bond motifs is 5. The maximum absolute atomic E-state index is 5.29.